The summed E-state index contributed by atoms with van der Waals surface area (Å²) in [6.07, 6.45) is 14.3. The van der Waals surface area contributed by atoms with Gasteiger partial charge in [-0.3, -0.25) is 0 Å². The fourth-order valence-corrected chi connectivity index (χ4v) is 7.08. The predicted molar refractivity (Wildman–Crippen MR) is 185 cm³/mol. The summed E-state index contributed by atoms with van der Waals surface area (Å²) in [5.74, 6) is 2.51. The zero-order chi connectivity index (χ0) is 32.3. The lowest BCUT2D eigenvalue weighted by Crippen LogP contribution is -2.34. The van der Waals surface area contributed by atoms with Crippen LogP contribution in [0.5, 0.6) is 0 Å². The van der Waals surface area contributed by atoms with Gasteiger partial charge in [0.05, 0.1) is 31.0 Å². The van der Waals surface area contributed by atoms with E-state index in [4.69, 9.17) is 9.73 Å². The van der Waals surface area contributed by atoms with Crippen molar-refractivity contribution in [1.82, 2.24) is 9.80 Å². The summed E-state index contributed by atoms with van der Waals surface area (Å²) in [4.78, 5) is 9.35. The summed E-state index contributed by atoms with van der Waals surface area (Å²) < 4.78 is 22.6. The molecule has 1 saturated heterocycles. The van der Waals surface area contributed by atoms with E-state index in [1.807, 2.05) is 12.3 Å². The van der Waals surface area contributed by atoms with E-state index in [1.165, 1.54) is 29.6 Å². The number of alkyl halides is 1. The molecule has 1 atom stereocenters. The number of allylic oxidation sites excluding steroid dienone is 6. The van der Waals surface area contributed by atoms with Crippen LogP contribution < -0.4 is 0 Å². The number of rotatable bonds is 11. The maximum Gasteiger partial charge on any atom is 0.155 e. The Morgan fingerprint density at radius 2 is 1.89 bits per heavy atom. The molecule has 240 valence electrons. The van der Waals surface area contributed by atoms with Crippen LogP contribution in [0.3, 0.4) is 0 Å². The number of fused-ring (bicyclic) bond motifs is 1. The Kier molecular flexibility index (Phi) is 9.61. The Balaban J connectivity index is 1.10. The minimum Gasteiger partial charge on any atom is -0.494 e. The molecule has 2 aliphatic carbocycles. The molecule has 0 N–H and O–H groups in total. The average Bonchev–Trinajstić information content (AvgIpc) is 3.88. The van der Waals surface area contributed by atoms with Gasteiger partial charge in [0.15, 0.2) is 5.67 Å². The maximum absolute atomic E-state index is 16.5. The second-order valence-electron chi connectivity index (χ2n) is 13.8. The van der Waals surface area contributed by atoms with E-state index in [0.29, 0.717) is 23.5 Å². The first-order valence-corrected chi connectivity index (χ1v) is 17.0. The van der Waals surface area contributed by atoms with Gasteiger partial charge in [-0.15, -0.1) is 0 Å². The largest absolute Gasteiger partial charge is 0.494 e. The standard InChI is InChI=1S/C40H47FN4O/c1-28(32-14-15-32)12-16-35-36-23-31(24-42)13-17-38(36)40(2,41)37(35)11-6-5-8-29-9-7-10-33(22-29)39-43-25-34(26-45(39)4)46-27-30-18-20-44(3)21-19-30/h7,9-10,12-13,16-17,22-23,25,30H,5-6,8,11,14-15,18-21,26-27H2,1-4H3/b16-12-. The molecule has 5 nitrogen and oxygen atoms in total. The summed E-state index contributed by atoms with van der Waals surface area (Å²) in [7, 11) is 4.26. The smallest absolute Gasteiger partial charge is 0.155 e. The number of benzene rings is 2. The topological polar surface area (TPSA) is 51.9 Å². The van der Waals surface area contributed by atoms with Gasteiger partial charge in [-0.2, -0.15) is 5.26 Å². The highest BCUT2D eigenvalue weighted by Crippen LogP contribution is 2.50. The van der Waals surface area contributed by atoms with Gasteiger partial charge in [-0.05, 0) is 132 Å². The van der Waals surface area contributed by atoms with Crippen LogP contribution in [-0.2, 0) is 16.8 Å². The van der Waals surface area contributed by atoms with Gasteiger partial charge in [-0.1, -0.05) is 47.6 Å². The molecule has 0 aromatic heterocycles. The molecular formula is C40H47FN4O. The Hall–Kier alpha value is -3.95. The third-order valence-corrected chi connectivity index (χ3v) is 10.1. The van der Waals surface area contributed by atoms with Crippen molar-refractivity contribution in [2.45, 2.75) is 70.9 Å². The van der Waals surface area contributed by atoms with Crippen LogP contribution in [-0.4, -0.2) is 56.0 Å². The van der Waals surface area contributed by atoms with Crippen LogP contribution in [0, 0.1) is 17.2 Å². The second-order valence-corrected chi connectivity index (χ2v) is 13.8. The first kappa shape index (κ1) is 32.0. The number of hydrogen-bond donors (Lipinski definition) is 0. The molecule has 2 heterocycles. The normalized spacial score (nSPS) is 21.7. The van der Waals surface area contributed by atoms with Gasteiger partial charge < -0.3 is 14.5 Å². The van der Waals surface area contributed by atoms with Crippen LogP contribution in [0.15, 0.2) is 88.3 Å². The van der Waals surface area contributed by atoms with Gasteiger partial charge in [0.1, 0.15) is 11.6 Å². The highest BCUT2D eigenvalue weighted by atomic mass is 19.1. The zero-order valence-electron chi connectivity index (χ0n) is 27.9. The molecule has 0 spiro atoms. The summed E-state index contributed by atoms with van der Waals surface area (Å²) in [6, 6.07) is 16.3. The zero-order valence-corrected chi connectivity index (χ0v) is 27.9. The van der Waals surface area contributed by atoms with Gasteiger partial charge in [-0.25, -0.2) is 9.38 Å². The summed E-state index contributed by atoms with van der Waals surface area (Å²) in [5, 5.41) is 9.53. The lowest BCUT2D eigenvalue weighted by atomic mass is 9.90. The Bertz CT molecular complexity index is 1660. The minimum atomic E-state index is -1.55. The van der Waals surface area contributed by atoms with Gasteiger partial charge in [0.25, 0.3) is 0 Å². The van der Waals surface area contributed by atoms with Crippen LogP contribution in [0.1, 0.15) is 86.6 Å². The Morgan fingerprint density at radius 3 is 2.63 bits per heavy atom. The van der Waals surface area contributed by atoms with Crippen LogP contribution >= 0.6 is 0 Å². The molecule has 0 bridgehead atoms. The number of likely N-dealkylation sites (N-methyl/N-ethyl adjacent to an activating group) is 1. The van der Waals surface area contributed by atoms with E-state index in [-0.39, 0.29) is 0 Å². The van der Waals surface area contributed by atoms with Crippen molar-refractivity contribution in [2.24, 2.45) is 10.9 Å². The van der Waals surface area contributed by atoms with Crippen molar-refractivity contribution in [3.8, 4) is 6.07 Å². The highest BCUT2D eigenvalue weighted by Gasteiger charge is 2.40. The van der Waals surface area contributed by atoms with Crippen molar-refractivity contribution in [3.05, 3.63) is 111 Å². The number of aryl methyl sites for hydroxylation is 1. The second kappa shape index (κ2) is 13.8. The van der Waals surface area contributed by atoms with Crippen molar-refractivity contribution >= 4 is 11.4 Å². The molecule has 2 aromatic carbocycles. The van der Waals surface area contributed by atoms with Crippen molar-refractivity contribution in [1.29, 1.82) is 5.26 Å². The molecule has 1 unspecified atom stereocenters. The lowest BCUT2D eigenvalue weighted by Gasteiger charge is -2.30. The van der Waals surface area contributed by atoms with E-state index in [9.17, 15) is 5.26 Å². The molecule has 46 heavy (non-hydrogen) atoms. The molecule has 4 aliphatic rings. The van der Waals surface area contributed by atoms with E-state index in [0.717, 1.165) is 92.2 Å². The molecule has 2 aliphatic heterocycles. The number of ether oxygens (including phenoxy) is 1. The number of halogens is 1. The number of nitriles is 1. The van der Waals surface area contributed by atoms with Crippen molar-refractivity contribution in [2.75, 3.05) is 40.3 Å². The summed E-state index contributed by atoms with van der Waals surface area (Å²) in [6.45, 7) is 7.61. The third kappa shape index (κ3) is 7.21. The van der Waals surface area contributed by atoms with Crippen LogP contribution in [0.2, 0.25) is 0 Å². The quantitative estimate of drug-likeness (QED) is 0.237. The van der Waals surface area contributed by atoms with E-state index >= 15 is 4.39 Å². The first-order chi connectivity index (χ1) is 22.2. The number of hydrogen-bond acceptors (Lipinski definition) is 5. The number of nitrogens with zero attached hydrogens (tertiary/aromatic N) is 4. The van der Waals surface area contributed by atoms with Crippen LogP contribution in [0.4, 0.5) is 4.39 Å². The fraction of sp³-hybridized carbons (Fsp3) is 0.450. The highest BCUT2D eigenvalue weighted by molar-refractivity contribution is 5.99. The number of piperidine rings is 1. The predicted octanol–water partition coefficient (Wildman–Crippen LogP) is 8.48. The van der Waals surface area contributed by atoms with E-state index in [2.05, 4.69) is 73.3 Å². The monoisotopic (exact) mass is 618 g/mol. The molecule has 0 amide bonds. The molecule has 2 fully saturated rings. The molecule has 6 rings (SSSR count). The SMILES string of the molecule is CC(/C=C\C1=C(CCCCc2cccc(C3=NC=C(OCC4CCN(C)CC4)CN3C)c2)C(C)(F)c2ccc(C#N)cc21)=C1CC1. The van der Waals surface area contributed by atoms with Crippen LogP contribution in [0.25, 0.3) is 5.57 Å². The van der Waals surface area contributed by atoms with Crippen molar-refractivity contribution < 1.29 is 9.13 Å². The molecular weight excluding hydrogens is 571 g/mol. The molecule has 6 heteroatoms. The minimum absolute atomic E-state index is 0.568. The van der Waals surface area contributed by atoms with Gasteiger partial charge in [0.2, 0.25) is 0 Å². The van der Waals surface area contributed by atoms with E-state index in [1.54, 1.807) is 19.1 Å². The lowest BCUT2D eigenvalue weighted by molar-refractivity contribution is 0.109. The summed E-state index contributed by atoms with van der Waals surface area (Å²) in [5.41, 5.74) is 7.45. The molecule has 1 saturated carbocycles. The summed E-state index contributed by atoms with van der Waals surface area (Å²) >= 11 is 0. The Labute approximate surface area is 274 Å². The molecule has 2 aromatic rings. The number of aliphatic imine (C=N–C) groups is 1. The number of amidine groups is 1. The first-order valence-electron chi connectivity index (χ1n) is 17.0. The van der Waals surface area contributed by atoms with Gasteiger partial charge in [0, 0.05) is 18.2 Å². The average molecular weight is 619 g/mol. The Morgan fingerprint density at radius 1 is 1.11 bits per heavy atom. The maximum atomic E-state index is 16.5. The molecule has 0 radical (unpaired) electrons. The third-order valence-electron chi connectivity index (χ3n) is 10.1. The number of unbranched alkanes of at least 4 members (excludes halogenated alkanes) is 1. The van der Waals surface area contributed by atoms with E-state index < -0.39 is 5.67 Å². The van der Waals surface area contributed by atoms with Gasteiger partial charge >= 0.3 is 0 Å². The number of likely N-dealkylation sites (tertiary alicyclic amines) is 1. The van der Waals surface area contributed by atoms with Crippen molar-refractivity contribution in [3.63, 3.8) is 0 Å². The fourth-order valence-electron chi connectivity index (χ4n) is 7.08.